The average molecular weight is 481 g/mol. The lowest BCUT2D eigenvalue weighted by Gasteiger charge is -2.09. The fourth-order valence-electron chi connectivity index (χ4n) is 3.03. The summed E-state index contributed by atoms with van der Waals surface area (Å²) in [4.78, 5) is 17.6. The van der Waals surface area contributed by atoms with Gasteiger partial charge in [0.15, 0.2) is 0 Å². The Morgan fingerprint density at radius 3 is 2.60 bits per heavy atom. The Kier molecular flexibility index (Phi) is 5.79. The Bertz CT molecular complexity index is 1280. The van der Waals surface area contributed by atoms with Crippen LogP contribution in [-0.2, 0) is 0 Å². The van der Waals surface area contributed by atoms with E-state index >= 15 is 0 Å². The molecule has 1 aromatic heterocycles. The third kappa shape index (κ3) is 4.20. The Morgan fingerprint density at radius 1 is 1.07 bits per heavy atom. The second kappa shape index (κ2) is 8.65. The molecule has 0 saturated carbocycles. The van der Waals surface area contributed by atoms with Crippen LogP contribution in [0.1, 0.15) is 15.9 Å². The van der Waals surface area contributed by atoms with Crippen LogP contribution in [0, 0.1) is 0 Å². The standard InChI is InChI=1S/C23H15BrClN3O2/c24-16-10-15(22(29)19(25)11-16)13-26-28-23(30)18-12-21(14-6-2-1-3-7-14)27-20-9-5-4-8-17(18)20/h1-13,29H,(H,28,30)/b26-13-. The normalized spacial score (nSPS) is 11.1. The number of amides is 1. The van der Waals surface area contributed by atoms with Crippen molar-refractivity contribution in [3.8, 4) is 17.0 Å². The molecule has 0 radical (unpaired) electrons. The van der Waals surface area contributed by atoms with E-state index in [2.05, 4.69) is 31.4 Å². The second-order valence-corrected chi connectivity index (χ2v) is 7.79. The highest BCUT2D eigenvalue weighted by molar-refractivity contribution is 9.10. The molecule has 1 heterocycles. The molecule has 3 aromatic carbocycles. The number of phenolic OH excluding ortho intramolecular Hbond substituents is 1. The van der Waals surface area contributed by atoms with E-state index < -0.39 is 0 Å². The van der Waals surface area contributed by atoms with Crippen LogP contribution in [0.4, 0.5) is 0 Å². The first-order valence-corrected chi connectivity index (χ1v) is 10.2. The van der Waals surface area contributed by atoms with Crippen molar-refractivity contribution in [3.63, 3.8) is 0 Å². The highest BCUT2D eigenvalue weighted by Crippen LogP contribution is 2.30. The predicted molar refractivity (Wildman–Crippen MR) is 123 cm³/mol. The van der Waals surface area contributed by atoms with Gasteiger partial charge in [-0.25, -0.2) is 10.4 Å². The van der Waals surface area contributed by atoms with E-state index in [9.17, 15) is 9.90 Å². The molecule has 0 unspecified atom stereocenters. The number of aromatic hydroxyl groups is 1. The van der Waals surface area contributed by atoms with Crippen molar-refractivity contribution in [3.05, 3.63) is 93.4 Å². The first-order chi connectivity index (χ1) is 14.5. The molecule has 148 valence electrons. The van der Waals surface area contributed by atoms with Gasteiger partial charge in [0.25, 0.3) is 5.91 Å². The number of halogens is 2. The molecule has 4 rings (SSSR count). The average Bonchev–Trinajstić information content (AvgIpc) is 2.76. The van der Waals surface area contributed by atoms with Gasteiger partial charge in [-0.2, -0.15) is 5.10 Å². The van der Waals surface area contributed by atoms with Gasteiger partial charge in [-0.05, 0) is 24.3 Å². The lowest BCUT2D eigenvalue weighted by molar-refractivity contribution is 0.0956. The van der Waals surface area contributed by atoms with Crippen molar-refractivity contribution < 1.29 is 9.90 Å². The van der Waals surface area contributed by atoms with E-state index in [0.29, 0.717) is 26.8 Å². The van der Waals surface area contributed by atoms with Gasteiger partial charge in [-0.1, -0.05) is 76.1 Å². The zero-order valence-corrected chi connectivity index (χ0v) is 17.9. The lowest BCUT2D eigenvalue weighted by atomic mass is 10.0. The van der Waals surface area contributed by atoms with Gasteiger partial charge >= 0.3 is 0 Å². The maximum atomic E-state index is 12.9. The number of nitrogens with one attached hydrogen (secondary N) is 1. The molecule has 4 aromatic rings. The maximum absolute atomic E-state index is 12.9. The van der Waals surface area contributed by atoms with Gasteiger partial charge in [0.05, 0.1) is 28.0 Å². The number of carbonyl (C=O) groups is 1. The van der Waals surface area contributed by atoms with Crippen LogP contribution >= 0.6 is 27.5 Å². The third-order valence-corrected chi connectivity index (χ3v) is 5.20. The summed E-state index contributed by atoms with van der Waals surface area (Å²) in [5.74, 6) is -0.499. The number of nitrogens with zero attached hydrogens (tertiary/aromatic N) is 2. The van der Waals surface area contributed by atoms with Gasteiger partial charge < -0.3 is 5.11 Å². The Labute approximate surface area is 186 Å². The first kappa shape index (κ1) is 20.1. The molecule has 0 fully saturated rings. The van der Waals surface area contributed by atoms with Crippen molar-refractivity contribution in [1.29, 1.82) is 0 Å². The Morgan fingerprint density at radius 2 is 1.80 bits per heavy atom. The van der Waals surface area contributed by atoms with Crippen LogP contribution in [-0.4, -0.2) is 22.2 Å². The molecule has 0 aliphatic heterocycles. The van der Waals surface area contributed by atoms with Crippen LogP contribution in [0.2, 0.25) is 5.02 Å². The van der Waals surface area contributed by atoms with Crippen molar-refractivity contribution in [2.24, 2.45) is 5.10 Å². The number of hydrazone groups is 1. The van der Waals surface area contributed by atoms with Crippen LogP contribution < -0.4 is 5.43 Å². The molecule has 30 heavy (non-hydrogen) atoms. The van der Waals surface area contributed by atoms with E-state index in [4.69, 9.17) is 11.6 Å². The molecule has 1 amide bonds. The summed E-state index contributed by atoms with van der Waals surface area (Å²) in [6.07, 6.45) is 1.34. The van der Waals surface area contributed by atoms with Crippen LogP contribution in [0.15, 0.2) is 82.4 Å². The summed E-state index contributed by atoms with van der Waals surface area (Å²) in [5, 5.41) is 14.9. The zero-order valence-electron chi connectivity index (χ0n) is 15.5. The second-order valence-electron chi connectivity index (χ2n) is 6.46. The van der Waals surface area contributed by atoms with E-state index in [1.165, 1.54) is 6.21 Å². The number of para-hydroxylation sites is 1. The number of benzene rings is 3. The van der Waals surface area contributed by atoms with Gasteiger partial charge in [0, 0.05) is 21.0 Å². The highest BCUT2D eigenvalue weighted by atomic mass is 79.9. The lowest BCUT2D eigenvalue weighted by Crippen LogP contribution is -2.18. The van der Waals surface area contributed by atoms with E-state index in [0.717, 1.165) is 10.9 Å². The fourth-order valence-corrected chi connectivity index (χ4v) is 3.86. The molecular weight excluding hydrogens is 466 g/mol. The van der Waals surface area contributed by atoms with Gasteiger partial charge in [-0.15, -0.1) is 0 Å². The van der Waals surface area contributed by atoms with Crippen molar-refractivity contribution >= 4 is 50.6 Å². The summed E-state index contributed by atoms with van der Waals surface area (Å²) < 4.78 is 0.686. The summed E-state index contributed by atoms with van der Waals surface area (Å²) in [5.41, 5.74) is 5.66. The fraction of sp³-hybridized carbons (Fsp3) is 0. The van der Waals surface area contributed by atoms with Gasteiger partial charge in [-0.3, -0.25) is 4.79 Å². The van der Waals surface area contributed by atoms with Crippen LogP contribution in [0.5, 0.6) is 5.75 Å². The smallest absolute Gasteiger partial charge is 0.272 e. The number of pyridine rings is 1. The maximum Gasteiger partial charge on any atom is 0.272 e. The Hall–Kier alpha value is -3.22. The quantitative estimate of drug-likeness (QED) is 0.287. The highest BCUT2D eigenvalue weighted by Gasteiger charge is 2.13. The molecule has 5 nitrogen and oxygen atoms in total. The number of carbonyl (C=O) groups excluding carboxylic acids is 1. The topological polar surface area (TPSA) is 74.6 Å². The predicted octanol–water partition coefficient (Wildman–Crippen LogP) is 5.79. The minimum atomic E-state index is -0.386. The van der Waals surface area contributed by atoms with Crippen molar-refractivity contribution in [2.45, 2.75) is 0 Å². The molecule has 7 heteroatoms. The number of phenols is 1. The number of fused-ring (bicyclic) bond motifs is 1. The molecule has 2 N–H and O–H groups in total. The number of hydrogen-bond acceptors (Lipinski definition) is 4. The molecule has 0 aliphatic carbocycles. The minimum Gasteiger partial charge on any atom is -0.506 e. The third-order valence-electron chi connectivity index (χ3n) is 4.46. The van der Waals surface area contributed by atoms with E-state index in [1.54, 1.807) is 18.2 Å². The van der Waals surface area contributed by atoms with Crippen molar-refractivity contribution in [1.82, 2.24) is 10.4 Å². The monoisotopic (exact) mass is 479 g/mol. The van der Waals surface area contributed by atoms with E-state index in [1.807, 2.05) is 54.6 Å². The van der Waals surface area contributed by atoms with Crippen molar-refractivity contribution in [2.75, 3.05) is 0 Å². The molecule has 0 spiro atoms. The SMILES string of the molecule is O=C(N/N=C\c1cc(Br)cc(Cl)c1O)c1cc(-c2ccccc2)nc2ccccc12. The first-order valence-electron chi connectivity index (χ1n) is 8.99. The minimum absolute atomic E-state index is 0.112. The zero-order chi connectivity index (χ0) is 21.1. The Balaban J connectivity index is 1.68. The van der Waals surface area contributed by atoms with Crippen LogP contribution in [0.25, 0.3) is 22.2 Å². The largest absolute Gasteiger partial charge is 0.506 e. The summed E-state index contributed by atoms with van der Waals surface area (Å²) in [6.45, 7) is 0. The van der Waals surface area contributed by atoms with E-state index in [-0.39, 0.29) is 16.7 Å². The summed E-state index contributed by atoms with van der Waals surface area (Å²) in [6, 6.07) is 22.1. The van der Waals surface area contributed by atoms with Crippen LogP contribution in [0.3, 0.4) is 0 Å². The summed E-state index contributed by atoms with van der Waals surface area (Å²) >= 11 is 9.27. The molecule has 0 saturated heterocycles. The molecule has 0 atom stereocenters. The number of hydrogen-bond donors (Lipinski definition) is 2. The molecule has 0 aliphatic rings. The van der Waals surface area contributed by atoms with Gasteiger partial charge in [0.2, 0.25) is 0 Å². The van der Waals surface area contributed by atoms with Gasteiger partial charge in [0.1, 0.15) is 5.75 Å². The number of aromatic nitrogens is 1. The number of rotatable bonds is 4. The molecule has 0 bridgehead atoms. The summed E-state index contributed by atoms with van der Waals surface area (Å²) in [7, 11) is 0. The molecular formula is C23H15BrClN3O2.